The zero-order valence-corrected chi connectivity index (χ0v) is 22.9. The van der Waals surface area contributed by atoms with E-state index in [4.69, 9.17) is 23.4 Å². The minimum Gasteiger partial charge on any atom is -0.493 e. The molecule has 2 aromatic carbocycles. The quantitative estimate of drug-likeness (QED) is 0.101. The van der Waals surface area contributed by atoms with Crippen LogP contribution in [0.1, 0.15) is 61.4 Å². The van der Waals surface area contributed by atoms with Crippen LogP contribution in [0.15, 0.2) is 57.8 Å². The molecular formula is C31H35NO8. The van der Waals surface area contributed by atoms with Gasteiger partial charge < -0.3 is 28.7 Å². The highest BCUT2D eigenvalue weighted by atomic mass is 16.5. The first-order valence-corrected chi connectivity index (χ1v) is 13.6. The molecule has 0 radical (unpaired) electrons. The minimum atomic E-state index is -0.775. The second-order valence-corrected chi connectivity index (χ2v) is 9.57. The largest absolute Gasteiger partial charge is 0.493 e. The number of fused-ring (bicyclic) bond motifs is 1. The number of rotatable bonds is 13. The highest BCUT2D eigenvalue weighted by Crippen LogP contribution is 2.29. The van der Waals surface area contributed by atoms with Crippen molar-refractivity contribution in [2.75, 3.05) is 26.9 Å². The molecule has 1 atom stereocenters. The Labute approximate surface area is 233 Å². The smallest absolute Gasteiger partial charge is 0.349 e. The predicted molar refractivity (Wildman–Crippen MR) is 151 cm³/mol. The molecule has 0 saturated carbocycles. The maximum absolute atomic E-state index is 12.5. The fraction of sp³-hybridized carbons (Fsp3) is 0.387. The van der Waals surface area contributed by atoms with Crippen LogP contribution >= 0.6 is 0 Å². The molecule has 9 nitrogen and oxygen atoms in total. The molecule has 9 heteroatoms. The van der Waals surface area contributed by atoms with Gasteiger partial charge in [0.25, 0.3) is 5.91 Å². The lowest BCUT2D eigenvalue weighted by Gasteiger charge is -2.11. The monoisotopic (exact) mass is 549 g/mol. The molecule has 0 bridgehead atoms. The van der Waals surface area contributed by atoms with Crippen LogP contribution in [-0.4, -0.2) is 44.8 Å². The van der Waals surface area contributed by atoms with Crippen LogP contribution in [0.25, 0.3) is 17.0 Å². The van der Waals surface area contributed by atoms with Gasteiger partial charge in [-0.1, -0.05) is 32.3 Å². The summed E-state index contributed by atoms with van der Waals surface area (Å²) in [7, 11) is 1.57. The fourth-order valence-corrected chi connectivity index (χ4v) is 4.35. The summed E-state index contributed by atoms with van der Waals surface area (Å²) in [6.45, 7) is 3.80. The first-order chi connectivity index (χ1) is 19.5. The Hall–Kier alpha value is -4.11. The summed E-state index contributed by atoms with van der Waals surface area (Å²) in [5.41, 5.74) is 0.0662. The summed E-state index contributed by atoms with van der Waals surface area (Å²) in [6.07, 6.45) is 9.15. The zero-order chi connectivity index (χ0) is 28.3. The molecule has 0 spiro atoms. The third-order valence-corrected chi connectivity index (χ3v) is 6.54. The van der Waals surface area contributed by atoms with Crippen LogP contribution in [0.5, 0.6) is 17.2 Å². The molecule has 2 heterocycles. The van der Waals surface area contributed by atoms with Gasteiger partial charge in [0.15, 0.2) is 11.5 Å². The summed E-state index contributed by atoms with van der Waals surface area (Å²) >= 11 is 0. The van der Waals surface area contributed by atoms with E-state index >= 15 is 0 Å². The van der Waals surface area contributed by atoms with Crippen LogP contribution in [0.3, 0.4) is 0 Å². The number of unbranched alkanes of at least 4 members (excludes halogenated alkanes) is 3. The van der Waals surface area contributed by atoms with E-state index < -0.39 is 17.5 Å². The molecule has 1 aliphatic heterocycles. The van der Waals surface area contributed by atoms with Crippen molar-refractivity contribution >= 4 is 28.9 Å². The second kappa shape index (κ2) is 14.3. The Morgan fingerprint density at radius 1 is 1.07 bits per heavy atom. The minimum absolute atomic E-state index is 0.0387. The Bertz CT molecular complexity index is 1400. The first-order valence-electron chi connectivity index (χ1n) is 13.6. The third kappa shape index (κ3) is 7.95. The summed E-state index contributed by atoms with van der Waals surface area (Å²) in [5, 5.41) is 3.25. The zero-order valence-electron chi connectivity index (χ0n) is 22.9. The molecule has 40 heavy (non-hydrogen) atoms. The molecule has 1 aliphatic rings. The van der Waals surface area contributed by atoms with E-state index in [1.165, 1.54) is 31.1 Å². The topological polar surface area (TPSA) is 113 Å². The molecule has 0 aliphatic carbocycles. The van der Waals surface area contributed by atoms with Gasteiger partial charge in [-0.2, -0.15) is 0 Å². The van der Waals surface area contributed by atoms with E-state index in [-0.39, 0.29) is 23.0 Å². The number of nitrogens with one attached hydrogen (secondary N) is 1. The predicted octanol–water partition coefficient (Wildman–Crippen LogP) is 5.29. The fourth-order valence-electron chi connectivity index (χ4n) is 4.35. The van der Waals surface area contributed by atoms with Crippen molar-refractivity contribution in [3.63, 3.8) is 0 Å². The average molecular weight is 550 g/mol. The molecule has 3 aromatic rings. The number of carbonyl (C=O) groups is 2. The molecule has 1 saturated heterocycles. The third-order valence-electron chi connectivity index (χ3n) is 6.54. The molecular weight excluding hydrogens is 514 g/mol. The highest BCUT2D eigenvalue weighted by Gasteiger charge is 2.19. The lowest BCUT2D eigenvalue weighted by molar-refractivity contribution is -0.128. The Morgan fingerprint density at radius 3 is 2.73 bits per heavy atom. The number of hydrogen-bond acceptors (Lipinski definition) is 8. The van der Waals surface area contributed by atoms with Gasteiger partial charge >= 0.3 is 11.6 Å². The van der Waals surface area contributed by atoms with Gasteiger partial charge in [-0.15, -0.1) is 0 Å². The van der Waals surface area contributed by atoms with Crippen LogP contribution in [0.2, 0.25) is 0 Å². The number of ether oxygens (including phenoxy) is 4. The van der Waals surface area contributed by atoms with Crippen molar-refractivity contribution in [3.8, 4) is 17.2 Å². The molecule has 4 rings (SSSR count). The van der Waals surface area contributed by atoms with Gasteiger partial charge in [-0.25, -0.2) is 9.59 Å². The van der Waals surface area contributed by atoms with Crippen molar-refractivity contribution in [2.24, 2.45) is 0 Å². The number of esters is 1. The number of hydrogen-bond donors (Lipinski definition) is 1. The van der Waals surface area contributed by atoms with Gasteiger partial charge in [-0.3, -0.25) is 4.79 Å². The van der Waals surface area contributed by atoms with Crippen molar-refractivity contribution in [1.29, 1.82) is 0 Å². The Balaban J connectivity index is 1.35. The molecule has 1 N–H and O–H groups in total. The summed E-state index contributed by atoms with van der Waals surface area (Å²) < 4.78 is 27.5. The summed E-state index contributed by atoms with van der Waals surface area (Å²) in [4.78, 5) is 37.4. The van der Waals surface area contributed by atoms with Crippen molar-refractivity contribution in [2.45, 2.75) is 51.6 Å². The van der Waals surface area contributed by atoms with E-state index in [1.54, 1.807) is 31.4 Å². The lowest BCUT2D eigenvalue weighted by Crippen LogP contribution is -2.34. The van der Waals surface area contributed by atoms with E-state index in [2.05, 4.69) is 12.2 Å². The first kappa shape index (κ1) is 28.9. The van der Waals surface area contributed by atoms with Crippen molar-refractivity contribution in [1.82, 2.24) is 5.32 Å². The maximum Gasteiger partial charge on any atom is 0.349 e. The van der Waals surface area contributed by atoms with E-state index in [0.717, 1.165) is 31.2 Å². The summed E-state index contributed by atoms with van der Waals surface area (Å²) in [6, 6.07) is 11.5. The summed E-state index contributed by atoms with van der Waals surface area (Å²) in [5.74, 6) is 0.303. The van der Waals surface area contributed by atoms with Gasteiger partial charge in [0, 0.05) is 30.7 Å². The van der Waals surface area contributed by atoms with E-state index in [9.17, 15) is 14.4 Å². The lowest BCUT2D eigenvalue weighted by atomic mass is 10.1. The van der Waals surface area contributed by atoms with E-state index in [0.29, 0.717) is 36.6 Å². The van der Waals surface area contributed by atoms with Gasteiger partial charge in [-0.05, 0) is 61.2 Å². The molecule has 1 fully saturated rings. The van der Waals surface area contributed by atoms with Crippen LogP contribution in [0, 0.1) is 0 Å². The van der Waals surface area contributed by atoms with Crippen LogP contribution in [0.4, 0.5) is 0 Å². The van der Waals surface area contributed by atoms with E-state index in [1.807, 2.05) is 12.1 Å². The second-order valence-electron chi connectivity index (χ2n) is 9.57. The number of carbonyl (C=O) groups excluding carboxylic acids is 2. The highest BCUT2D eigenvalue weighted by molar-refractivity contribution is 5.97. The van der Waals surface area contributed by atoms with Crippen LogP contribution < -0.4 is 25.2 Å². The number of benzene rings is 2. The average Bonchev–Trinajstić information content (AvgIpc) is 3.48. The molecule has 212 valence electrons. The van der Waals surface area contributed by atoms with Crippen molar-refractivity contribution < 1.29 is 33.0 Å². The Kier molecular flexibility index (Phi) is 10.3. The SMILES string of the molecule is CCCCCCOc1ccc(/C=C/C(=O)Oc2ccc3cc(C(=O)NCC4CCCO4)c(=O)oc3c2)cc1OC. The van der Waals surface area contributed by atoms with Gasteiger partial charge in [0.2, 0.25) is 0 Å². The standard InChI is InChI=1S/C31H35NO8/c1-3-4-5-6-15-38-26-13-9-21(17-28(26)36-2)10-14-29(33)39-23-12-11-22-18-25(31(35)40-27(22)19-23)30(34)32-20-24-8-7-16-37-24/h9-14,17-19,24H,3-8,15-16,20H2,1-2H3,(H,32,34)/b14-10+. The molecule has 1 aromatic heterocycles. The molecule has 1 amide bonds. The van der Waals surface area contributed by atoms with Crippen LogP contribution in [-0.2, 0) is 9.53 Å². The van der Waals surface area contributed by atoms with Gasteiger partial charge in [0.05, 0.1) is 19.8 Å². The number of methoxy groups -OCH3 is 1. The molecule has 1 unspecified atom stereocenters. The van der Waals surface area contributed by atoms with Gasteiger partial charge in [0.1, 0.15) is 16.9 Å². The van der Waals surface area contributed by atoms with Crippen molar-refractivity contribution in [3.05, 3.63) is 70.1 Å². The Morgan fingerprint density at radius 2 is 1.95 bits per heavy atom. The maximum atomic E-state index is 12.5. The normalized spacial score (nSPS) is 14.9. The number of amides is 1.